The van der Waals surface area contributed by atoms with Gasteiger partial charge in [-0.15, -0.1) is 0 Å². The Labute approximate surface area is 164 Å². The first-order chi connectivity index (χ1) is 13.1. The molecule has 1 aliphatic rings. The van der Waals surface area contributed by atoms with Crippen LogP contribution in [0.3, 0.4) is 0 Å². The van der Waals surface area contributed by atoms with Crippen LogP contribution in [0.25, 0.3) is 0 Å². The molecule has 0 bridgehead atoms. The summed E-state index contributed by atoms with van der Waals surface area (Å²) in [4.78, 5) is 2.43. The van der Waals surface area contributed by atoms with E-state index in [0.717, 1.165) is 44.8 Å². The number of morpholine rings is 1. The number of aliphatic hydroxyl groups is 1. The van der Waals surface area contributed by atoms with Crippen molar-refractivity contribution in [3.63, 3.8) is 0 Å². The van der Waals surface area contributed by atoms with E-state index in [1.165, 1.54) is 11.1 Å². The highest BCUT2D eigenvalue weighted by Crippen LogP contribution is 2.43. The van der Waals surface area contributed by atoms with E-state index in [4.69, 9.17) is 4.74 Å². The van der Waals surface area contributed by atoms with Gasteiger partial charge in [0.15, 0.2) is 0 Å². The zero-order chi connectivity index (χ0) is 19.3. The summed E-state index contributed by atoms with van der Waals surface area (Å²) < 4.78 is 5.53. The first-order valence-corrected chi connectivity index (χ1v) is 10.2. The zero-order valence-corrected chi connectivity index (χ0v) is 16.9. The number of hydrogen-bond acceptors (Lipinski definition) is 3. The van der Waals surface area contributed by atoms with Gasteiger partial charge in [0.2, 0.25) is 0 Å². The van der Waals surface area contributed by atoms with Gasteiger partial charge in [-0.05, 0) is 29.0 Å². The van der Waals surface area contributed by atoms with Crippen LogP contribution < -0.4 is 0 Å². The molecule has 0 aliphatic carbocycles. The lowest BCUT2D eigenvalue weighted by atomic mass is 9.70. The highest BCUT2D eigenvalue weighted by Gasteiger charge is 2.43. The predicted molar refractivity (Wildman–Crippen MR) is 111 cm³/mol. The van der Waals surface area contributed by atoms with Gasteiger partial charge in [-0.25, -0.2) is 0 Å². The zero-order valence-electron chi connectivity index (χ0n) is 16.9. The summed E-state index contributed by atoms with van der Waals surface area (Å²) in [5.74, 6) is 0.0977. The van der Waals surface area contributed by atoms with Gasteiger partial charge < -0.3 is 9.84 Å². The largest absolute Gasteiger partial charge is 0.384 e. The lowest BCUT2D eigenvalue weighted by molar-refractivity contribution is -0.0547. The Morgan fingerprint density at radius 2 is 1.63 bits per heavy atom. The van der Waals surface area contributed by atoms with Crippen molar-refractivity contribution < 1.29 is 9.84 Å². The number of ether oxygens (including phenoxy) is 1. The van der Waals surface area contributed by atoms with E-state index in [-0.39, 0.29) is 11.8 Å². The molecule has 3 rings (SSSR count). The number of hydrogen-bond donors (Lipinski definition) is 1. The van der Waals surface area contributed by atoms with E-state index in [1.54, 1.807) is 0 Å². The quantitative estimate of drug-likeness (QED) is 0.796. The number of aryl methyl sites for hydroxylation is 1. The second kappa shape index (κ2) is 9.01. The van der Waals surface area contributed by atoms with Gasteiger partial charge in [-0.3, -0.25) is 4.90 Å². The molecule has 0 amide bonds. The van der Waals surface area contributed by atoms with Gasteiger partial charge in [0.05, 0.1) is 18.8 Å². The monoisotopic (exact) mass is 367 g/mol. The first kappa shape index (κ1) is 20.1. The Balaban J connectivity index is 2.01. The molecule has 1 fully saturated rings. The van der Waals surface area contributed by atoms with E-state index in [0.29, 0.717) is 0 Å². The third-order valence-electron chi connectivity index (χ3n) is 5.98. The molecule has 0 spiro atoms. The van der Waals surface area contributed by atoms with Gasteiger partial charge in [0, 0.05) is 25.6 Å². The fourth-order valence-corrected chi connectivity index (χ4v) is 4.17. The molecule has 0 unspecified atom stereocenters. The third kappa shape index (κ3) is 4.43. The van der Waals surface area contributed by atoms with Crippen molar-refractivity contribution in [3.8, 4) is 0 Å². The molecule has 0 saturated carbocycles. The van der Waals surface area contributed by atoms with E-state index in [2.05, 4.69) is 74.2 Å². The molecule has 2 aromatic carbocycles. The maximum absolute atomic E-state index is 12.1. The second-order valence-corrected chi connectivity index (χ2v) is 7.91. The first-order valence-electron chi connectivity index (χ1n) is 10.2. The van der Waals surface area contributed by atoms with Crippen LogP contribution in [0.2, 0.25) is 0 Å². The Morgan fingerprint density at radius 3 is 2.19 bits per heavy atom. The van der Waals surface area contributed by atoms with E-state index in [1.807, 2.05) is 6.07 Å². The van der Waals surface area contributed by atoms with Gasteiger partial charge >= 0.3 is 0 Å². The highest BCUT2D eigenvalue weighted by atomic mass is 16.5. The fraction of sp³-hybridized carbons (Fsp3) is 0.500. The molecule has 1 N–H and O–H groups in total. The Morgan fingerprint density at radius 1 is 1.00 bits per heavy atom. The molecule has 2 aromatic rings. The Bertz CT molecular complexity index is 692. The van der Waals surface area contributed by atoms with Crippen molar-refractivity contribution >= 4 is 0 Å². The van der Waals surface area contributed by atoms with E-state index in [9.17, 15) is 5.11 Å². The van der Waals surface area contributed by atoms with Crippen molar-refractivity contribution in [2.45, 2.75) is 38.7 Å². The number of nitrogens with zero attached hydrogens (tertiary/aromatic N) is 1. The predicted octanol–water partition coefficient (Wildman–Crippen LogP) is 4.21. The van der Waals surface area contributed by atoms with Crippen molar-refractivity contribution in [3.05, 3.63) is 71.3 Å². The minimum absolute atomic E-state index is 0.00396. The molecular weight excluding hydrogens is 334 g/mol. The van der Waals surface area contributed by atoms with Crippen LogP contribution in [0, 0.1) is 5.92 Å². The number of rotatable bonds is 7. The Kier molecular flexibility index (Phi) is 6.69. The molecule has 3 nitrogen and oxygen atoms in total. The molecule has 1 saturated heterocycles. The average molecular weight is 368 g/mol. The van der Waals surface area contributed by atoms with Gasteiger partial charge in [0.1, 0.15) is 0 Å². The average Bonchev–Trinajstić information content (AvgIpc) is 2.73. The molecule has 0 aromatic heterocycles. The normalized spacial score (nSPS) is 19.0. The summed E-state index contributed by atoms with van der Waals surface area (Å²) in [6, 6.07) is 19.0. The molecule has 1 heterocycles. The maximum atomic E-state index is 12.1. The van der Waals surface area contributed by atoms with Crippen LogP contribution in [0.15, 0.2) is 54.6 Å². The molecular formula is C24H33NO2. The van der Waals surface area contributed by atoms with Crippen molar-refractivity contribution in [2.75, 3.05) is 32.8 Å². The van der Waals surface area contributed by atoms with Crippen molar-refractivity contribution in [2.24, 2.45) is 5.92 Å². The van der Waals surface area contributed by atoms with Crippen LogP contribution >= 0.6 is 0 Å². The summed E-state index contributed by atoms with van der Waals surface area (Å²) in [5, 5.41) is 12.1. The lowest BCUT2D eigenvalue weighted by Crippen LogP contribution is -2.47. The summed E-state index contributed by atoms with van der Waals surface area (Å²) in [6.07, 6.45) is 1.01. The van der Waals surface area contributed by atoms with Crippen LogP contribution in [0.4, 0.5) is 0 Å². The fourth-order valence-electron chi connectivity index (χ4n) is 4.17. The standard InChI is InChI=1S/C24H33NO2/c1-4-20-10-12-22(13-11-20)24(26,19(2)3)23(21-8-6-5-7-9-21)18-25-14-16-27-17-15-25/h5-13,19,23,26H,4,14-18H2,1-3H3/t23-,24+/m1/s1. The summed E-state index contributed by atoms with van der Waals surface area (Å²) in [7, 11) is 0. The second-order valence-electron chi connectivity index (χ2n) is 7.91. The van der Waals surface area contributed by atoms with Gasteiger partial charge in [-0.1, -0.05) is 75.4 Å². The van der Waals surface area contributed by atoms with E-state index < -0.39 is 5.60 Å². The third-order valence-corrected chi connectivity index (χ3v) is 5.98. The summed E-state index contributed by atoms with van der Waals surface area (Å²) in [5.41, 5.74) is 2.58. The van der Waals surface area contributed by atoms with Gasteiger partial charge in [0.25, 0.3) is 0 Å². The molecule has 0 radical (unpaired) electrons. The van der Waals surface area contributed by atoms with Gasteiger partial charge in [-0.2, -0.15) is 0 Å². The SMILES string of the molecule is CCc1ccc([C@@](O)(C(C)C)[C@H](CN2CCOCC2)c2ccccc2)cc1. The number of benzene rings is 2. The van der Waals surface area contributed by atoms with Crippen LogP contribution in [0.1, 0.15) is 43.4 Å². The minimum Gasteiger partial charge on any atom is -0.384 e. The van der Waals surface area contributed by atoms with Crippen molar-refractivity contribution in [1.29, 1.82) is 0 Å². The Hall–Kier alpha value is -1.68. The van der Waals surface area contributed by atoms with Crippen LogP contribution in [-0.2, 0) is 16.8 Å². The van der Waals surface area contributed by atoms with E-state index >= 15 is 0 Å². The smallest absolute Gasteiger partial charge is 0.0999 e. The minimum atomic E-state index is -0.925. The van der Waals surface area contributed by atoms with Crippen LogP contribution in [0.5, 0.6) is 0 Å². The molecule has 146 valence electrons. The highest BCUT2D eigenvalue weighted by molar-refractivity contribution is 5.34. The molecule has 2 atom stereocenters. The molecule has 1 aliphatic heterocycles. The molecule has 3 heteroatoms. The lowest BCUT2D eigenvalue weighted by Gasteiger charge is -2.43. The van der Waals surface area contributed by atoms with Crippen LogP contribution in [-0.4, -0.2) is 42.9 Å². The molecule has 27 heavy (non-hydrogen) atoms. The summed E-state index contributed by atoms with van der Waals surface area (Å²) >= 11 is 0. The maximum Gasteiger partial charge on any atom is 0.0999 e. The summed E-state index contributed by atoms with van der Waals surface area (Å²) in [6.45, 7) is 10.6. The topological polar surface area (TPSA) is 32.7 Å². The van der Waals surface area contributed by atoms with Crippen molar-refractivity contribution in [1.82, 2.24) is 4.90 Å².